The number of hydroxylamine groups is 1. The topological polar surface area (TPSA) is 337 Å². The number of aromatic nitrogens is 2. The molecule has 2 saturated heterocycles. The minimum atomic E-state index is -1.21. The second-order valence-corrected chi connectivity index (χ2v) is 16.2. The number of nitrogens with zero attached hydrogens (tertiary/aromatic N) is 1. The Hall–Kier alpha value is -5.45. The molecule has 0 spiro atoms. The van der Waals surface area contributed by atoms with Gasteiger partial charge < -0.3 is 53.3 Å². The second-order valence-electron chi connectivity index (χ2n) is 14.9. The van der Waals surface area contributed by atoms with Gasteiger partial charge in [-0.2, -0.15) is 11.8 Å². The molecule has 10 amide bonds. The molecule has 3 heterocycles. The van der Waals surface area contributed by atoms with E-state index in [1.807, 2.05) is 25.6 Å². The first-order valence-electron chi connectivity index (χ1n) is 19.7. The molecule has 6 atom stereocenters. The normalized spacial score (nSPS) is 18.2. The number of amides is 10. The van der Waals surface area contributed by atoms with Crippen LogP contribution < -0.4 is 53.7 Å². The lowest BCUT2D eigenvalue weighted by Crippen LogP contribution is -2.53. The summed E-state index contributed by atoms with van der Waals surface area (Å²) in [6.07, 6.45) is 6.89. The third kappa shape index (κ3) is 17.9. The average Bonchev–Trinajstić information content (AvgIpc) is 3.93. The predicted molar refractivity (Wildman–Crippen MR) is 213 cm³/mol. The third-order valence-corrected chi connectivity index (χ3v) is 11.1. The molecule has 1 aromatic heterocycles. The van der Waals surface area contributed by atoms with Crippen LogP contribution in [0, 0.1) is 11.8 Å². The Balaban J connectivity index is 1.32. The molecule has 328 valence electrons. The van der Waals surface area contributed by atoms with Crippen LogP contribution in [0.3, 0.4) is 0 Å². The zero-order valence-corrected chi connectivity index (χ0v) is 34.2. The molecule has 1 aromatic rings. The summed E-state index contributed by atoms with van der Waals surface area (Å²) in [5.41, 5.74) is 7.44. The summed E-state index contributed by atoms with van der Waals surface area (Å²) < 4.78 is 0. The Labute approximate surface area is 346 Å². The molecule has 1 unspecified atom stereocenters. The van der Waals surface area contributed by atoms with Crippen molar-refractivity contribution in [3.8, 4) is 0 Å². The Morgan fingerprint density at radius 2 is 1.54 bits per heavy atom. The van der Waals surface area contributed by atoms with Crippen LogP contribution in [0.2, 0.25) is 0 Å². The van der Waals surface area contributed by atoms with E-state index in [0.717, 1.165) is 25.0 Å². The predicted octanol–water partition coefficient (Wildman–Crippen LogP) is -2.67. The van der Waals surface area contributed by atoms with Crippen molar-refractivity contribution in [2.24, 2.45) is 17.6 Å². The van der Waals surface area contributed by atoms with Gasteiger partial charge in [0.15, 0.2) is 0 Å². The maximum atomic E-state index is 13.1. The first-order valence-corrected chi connectivity index (χ1v) is 20.8. The Morgan fingerprint density at radius 1 is 0.847 bits per heavy atom. The van der Waals surface area contributed by atoms with E-state index in [1.54, 1.807) is 0 Å². The number of urea groups is 1. The van der Waals surface area contributed by atoms with Crippen LogP contribution >= 0.6 is 11.8 Å². The van der Waals surface area contributed by atoms with Gasteiger partial charge in [-0.15, -0.1) is 0 Å². The van der Waals surface area contributed by atoms with Gasteiger partial charge in [0.05, 0.1) is 38.0 Å². The monoisotopic (exact) mass is 850 g/mol. The summed E-state index contributed by atoms with van der Waals surface area (Å²) in [5.74, 6) is -5.01. The minimum Gasteiger partial charge on any atom is -0.368 e. The second kappa shape index (κ2) is 25.1. The Kier molecular flexibility index (Phi) is 20.4. The Bertz CT molecular complexity index is 1610. The number of carbonyl (C=O) groups is 9. The van der Waals surface area contributed by atoms with E-state index in [2.05, 4.69) is 52.5 Å². The summed E-state index contributed by atoms with van der Waals surface area (Å²) in [4.78, 5) is 118. The highest BCUT2D eigenvalue weighted by Crippen LogP contribution is 2.33. The first-order chi connectivity index (χ1) is 28.1. The van der Waals surface area contributed by atoms with E-state index in [-0.39, 0.29) is 49.2 Å². The van der Waals surface area contributed by atoms with Crippen molar-refractivity contribution in [2.75, 3.05) is 31.9 Å². The van der Waals surface area contributed by atoms with Crippen LogP contribution in [0.15, 0.2) is 12.5 Å². The molecular weight excluding hydrogens is 793 g/mol. The van der Waals surface area contributed by atoms with E-state index in [9.17, 15) is 43.2 Å². The maximum Gasteiger partial charge on any atom is 0.315 e. The zero-order chi connectivity index (χ0) is 43.3. The van der Waals surface area contributed by atoms with Crippen LogP contribution in [0.1, 0.15) is 77.3 Å². The van der Waals surface area contributed by atoms with Crippen molar-refractivity contribution in [3.05, 3.63) is 18.2 Å². The van der Waals surface area contributed by atoms with Crippen molar-refractivity contribution in [2.45, 2.75) is 107 Å². The molecule has 2 aliphatic heterocycles. The van der Waals surface area contributed by atoms with E-state index < -0.39 is 79.0 Å². The van der Waals surface area contributed by atoms with Crippen molar-refractivity contribution in [1.82, 2.24) is 58.0 Å². The molecular formula is C36H58N12O10S. The fourth-order valence-electron chi connectivity index (χ4n) is 6.63. The van der Waals surface area contributed by atoms with Gasteiger partial charge in [-0.05, 0) is 44.4 Å². The smallest absolute Gasteiger partial charge is 0.315 e. The number of imidazole rings is 1. The highest BCUT2D eigenvalue weighted by Gasteiger charge is 2.42. The van der Waals surface area contributed by atoms with Gasteiger partial charge in [0.2, 0.25) is 47.3 Å². The van der Waals surface area contributed by atoms with Gasteiger partial charge >= 0.3 is 6.03 Å². The number of nitrogens with two attached hydrogens (primary N) is 1. The average molecular weight is 851 g/mol. The number of H-pyrrole nitrogens is 1. The number of unbranched alkanes of at least 4 members (excludes halogenated alkanes) is 2. The number of carbonyl (C=O) groups excluding carboxylic acids is 9. The zero-order valence-electron chi connectivity index (χ0n) is 33.4. The summed E-state index contributed by atoms with van der Waals surface area (Å²) in [6.45, 7) is 2.47. The van der Waals surface area contributed by atoms with E-state index >= 15 is 0 Å². The van der Waals surface area contributed by atoms with Crippen LogP contribution in [0.25, 0.3) is 0 Å². The molecule has 0 aromatic carbocycles. The quantitative estimate of drug-likeness (QED) is 0.0187. The maximum absolute atomic E-state index is 13.1. The number of aromatic amines is 1. The molecule has 0 bridgehead atoms. The number of thioether (sulfide) groups is 1. The fourth-order valence-corrected chi connectivity index (χ4v) is 8.17. The summed E-state index contributed by atoms with van der Waals surface area (Å²) in [5, 5.41) is 30.1. The molecule has 0 aliphatic carbocycles. The molecule has 0 radical (unpaired) electrons. The highest BCUT2D eigenvalue weighted by molar-refractivity contribution is 8.00. The standard InChI is InChI=1S/C36H58N12O10S/c1-20(2)11-21(12-28(50)48-58)34(55)41-17-31(53)45-24(13-22-14-38-19-43-22)35(56)42-15-29(51)40-16-30(52)44-23(33(37)54)7-5-6-10-39-27(49)9-4-3-8-26-32-25(18-59-26)46-36(57)47-32/h14,19-21,23-26,32,58H,3-13,15-18H2,1-2H3,(H2,37,54)(H,38,43)(H,39,49)(H,40,51)(H,41,55)(H,42,56)(H,44,52)(H,45,53)(H,48,50)(H2,46,47,57)/t21?,23-,24-,25-,26-,32-/m0/s1. The van der Waals surface area contributed by atoms with E-state index in [0.29, 0.717) is 43.2 Å². The largest absolute Gasteiger partial charge is 0.368 e. The molecule has 0 saturated carbocycles. The highest BCUT2D eigenvalue weighted by atomic mass is 32.2. The fraction of sp³-hybridized carbons (Fsp3) is 0.667. The van der Waals surface area contributed by atoms with Gasteiger partial charge in [-0.3, -0.25) is 43.6 Å². The molecule has 23 heteroatoms. The van der Waals surface area contributed by atoms with E-state index in [1.165, 1.54) is 18.0 Å². The van der Waals surface area contributed by atoms with Crippen LogP contribution in [-0.2, 0) is 44.8 Å². The van der Waals surface area contributed by atoms with Gasteiger partial charge in [0.25, 0.3) is 0 Å². The third-order valence-electron chi connectivity index (χ3n) is 9.61. The van der Waals surface area contributed by atoms with E-state index in [4.69, 9.17) is 10.9 Å². The minimum absolute atomic E-state index is 0.0379. The molecule has 2 fully saturated rings. The molecule has 59 heavy (non-hydrogen) atoms. The summed E-state index contributed by atoms with van der Waals surface area (Å²) >= 11 is 1.83. The van der Waals surface area contributed by atoms with Gasteiger partial charge in [-0.1, -0.05) is 20.3 Å². The number of fused-ring (bicyclic) bond motifs is 1. The number of hydrogen-bond donors (Lipinski definition) is 12. The number of rotatable bonds is 27. The summed E-state index contributed by atoms with van der Waals surface area (Å²) in [7, 11) is 0. The molecule has 13 N–H and O–H groups in total. The lowest BCUT2D eigenvalue weighted by atomic mass is 9.93. The number of nitrogens with one attached hydrogen (secondary N) is 10. The first kappa shape index (κ1) is 47.9. The molecule has 2 aliphatic rings. The number of hydrogen-bond acceptors (Lipinski definition) is 12. The van der Waals surface area contributed by atoms with Crippen LogP contribution in [-0.4, -0.2) is 130 Å². The molecule has 3 rings (SSSR count). The van der Waals surface area contributed by atoms with Gasteiger partial charge in [-0.25, -0.2) is 15.3 Å². The van der Waals surface area contributed by atoms with Crippen molar-refractivity contribution >= 4 is 65.1 Å². The summed E-state index contributed by atoms with van der Waals surface area (Å²) in [6, 6.07) is -2.03. The van der Waals surface area contributed by atoms with Gasteiger partial charge in [0, 0.05) is 54.6 Å². The molecule has 22 nitrogen and oxygen atoms in total. The van der Waals surface area contributed by atoms with Crippen molar-refractivity contribution in [3.63, 3.8) is 0 Å². The van der Waals surface area contributed by atoms with Crippen molar-refractivity contribution in [1.29, 1.82) is 0 Å². The lowest BCUT2D eigenvalue weighted by Gasteiger charge is -2.20. The van der Waals surface area contributed by atoms with Crippen LogP contribution in [0.5, 0.6) is 0 Å². The lowest BCUT2D eigenvalue weighted by molar-refractivity contribution is -0.136. The van der Waals surface area contributed by atoms with Crippen molar-refractivity contribution < 1.29 is 48.4 Å². The van der Waals surface area contributed by atoms with Gasteiger partial charge in [0.1, 0.15) is 12.1 Å². The Morgan fingerprint density at radius 3 is 2.22 bits per heavy atom. The number of primary amides is 1. The van der Waals surface area contributed by atoms with Crippen LogP contribution in [0.4, 0.5) is 4.79 Å². The SMILES string of the molecule is CC(C)CC(CC(=O)NO)C(=O)NCC(=O)N[C@@H](Cc1cnc[nH]1)C(=O)NCC(=O)NCC(=O)N[C@@H](CCCCNC(=O)CCCC[C@@H]1SC[C@@H]2NC(=O)N[C@@H]21)C(N)=O.